The topological polar surface area (TPSA) is 49.3 Å². The van der Waals surface area contributed by atoms with Crippen molar-refractivity contribution in [3.8, 4) is 10.4 Å². The van der Waals surface area contributed by atoms with Crippen LogP contribution in [0.3, 0.4) is 0 Å². The first-order chi connectivity index (χ1) is 14.2. The minimum atomic E-state index is -0.968. The first kappa shape index (κ1) is 20.6. The zero-order chi connectivity index (χ0) is 21.5. The smallest absolute Gasteiger partial charge is 0.337 e. The zero-order valence-electron chi connectivity index (χ0n) is 17.5. The monoisotopic (exact) mass is 423 g/mol. The summed E-state index contributed by atoms with van der Waals surface area (Å²) >= 11 is 1.44. The fourth-order valence-electron chi connectivity index (χ4n) is 4.06. The fraction of sp³-hybridized carbons (Fsp3) is 0.320. The van der Waals surface area contributed by atoms with Gasteiger partial charge in [0, 0.05) is 22.7 Å². The maximum Gasteiger partial charge on any atom is 0.337 e. The lowest BCUT2D eigenvalue weighted by Gasteiger charge is -2.29. The molecule has 0 fully saturated rings. The van der Waals surface area contributed by atoms with E-state index in [0.717, 1.165) is 41.0 Å². The van der Waals surface area contributed by atoms with Gasteiger partial charge in [-0.15, -0.1) is 11.3 Å². The van der Waals surface area contributed by atoms with Gasteiger partial charge in [0.15, 0.2) is 0 Å². The van der Waals surface area contributed by atoms with Crippen molar-refractivity contribution in [2.45, 2.75) is 46.6 Å². The van der Waals surface area contributed by atoms with E-state index in [2.05, 4.69) is 19.2 Å². The van der Waals surface area contributed by atoms with Gasteiger partial charge in [-0.05, 0) is 60.9 Å². The Balaban J connectivity index is 1.62. The molecule has 3 nitrogen and oxygen atoms in total. The van der Waals surface area contributed by atoms with Crippen LogP contribution in [-0.4, -0.2) is 11.1 Å². The molecule has 2 N–H and O–H groups in total. The molecule has 4 rings (SSSR count). The number of aryl methyl sites for hydroxylation is 2. The summed E-state index contributed by atoms with van der Waals surface area (Å²) < 4.78 is 15.1. The van der Waals surface area contributed by atoms with Gasteiger partial charge in [0.25, 0.3) is 0 Å². The van der Waals surface area contributed by atoms with Crippen molar-refractivity contribution >= 4 is 23.0 Å². The molecule has 0 saturated carbocycles. The van der Waals surface area contributed by atoms with Crippen molar-refractivity contribution in [1.82, 2.24) is 0 Å². The van der Waals surface area contributed by atoms with Crippen molar-refractivity contribution in [2.24, 2.45) is 5.41 Å². The van der Waals surface area contributed by atoms with E-state index in [1.807, 2.05) is 37.3 Å². The number of rotatable bonds is 5. The number of nitrogens with one attached hydrogen (secondary N) is 1. The summed E-state index contributed by atoms with van der Waals surface area (Å²) in [5.41, 5.74) is 4.61. The highest BCUT2D eigenvalue weighted by molar-refractivity contribution is 7.16. The van der Waals surface area contributed by atoms with Gasteiger partial charge in [-0.3, -0.25) is 0 Å². The largest absolute Gasteiger partial charge is 0.478 e. The van der Waals surface area contributed by atoms with Gasteiger partial charge in [-0.1, -0.05) is 43.7 Å². The number of hydrogen-bond donors (Lipinski definition) is 2. The Morgan fingerprint density at radius 3 is 2.60 bits per heavy atom. The molecular formula is C25H26FNO2S. The van der Waals surface area contributed by atoms with E-state index < -0.39 is 5.97 Å². The summed E-state index contributed by atoms with van der Waals surface area (Å²) in [7, 11) is 0. The van der Waals surface area contributed by atoms with Crippen LogP contribution < -0.4 is 5.32 Å². The Bertz CT molecular complexity index is 1100. The van der Waals surface area contributed by atoms with E-state index in [1.54, 1.807) is 6.07 Å². The summed E-state index contributed by atoms with van der Waals surface area (Å²) in [4.78, 5) is 13.7. The number of carboxylic acids is 1. The van der Waals surface area contributed by atoms with Crippen molar-refractivity contribution < 1.29 is 14.3 Å². The minimum Gasteiger partial charge on any atom is -0.478 e. The molecule has 0 bridgehead atoms. The number of anilines is 1. The molecule has 0 amide bonds. The van der Waals surface area contributed by atoms with E-state index in [1.165, 1.54) is 23.0 Å². The number of aromatic carboxylic acids is 1. The van der Waals surface area contributed by atoms with E-state index in [0.29, 0.717) is 17.0 Å². The first-order valence-corrected chi connectivity index (χ1v) is 11.0. The van der Waals surface area contributed by atoms with Crippen molar-refractivity contribution in [2.75, 3.05) is 5.32 Å². The second-order valence-corrected chi connectivity index (χ2v) is 9.99. The van der Waals surface area contributed by atoms with Crippen LogP contribution in [0.25, 0.3) is 10.4 Å². The number of carboxylic acid groups (broad SMARTS) is 1. The first-order valence-electron chi connectivity index (χ1n) is 10.2. The van der Waals surface area contributed by atoms with Gasteiger partial charge in [-0.25, -0.2) is 9.18 Å². The second kappa shape index (κ2) is 7.88. The van der Waals surface area contributed by atoms with Crippen molar-refractivity contribution in [1.29, 1.82) is 0 Å². The number of thiophene rings is 1. The Morgan fingerprint density at radius 2 is 1.93 bits per heavy atom. The third-order valence-corrected chi connectivity index (χ3v) is 7.14. The molecule has 0 atom stereocenters. The highest BCUT2D eigenvalue weighted by Gasteiger charge is 2.33. The standard InChI is InChI=1S/C25H26FNO2S/c1-15-4-7-17(8-5-15)27-14-16-6-9-18(20(26)12-16)23-22(24(28)29)19-13-25(2,3)11-10-21(19)30-23/h4-9,12,27H,10-11,13-14H2,1-3H3,(H,28,29). The maximum atomic E-state index is 15.1. The summed E-state index contributed by atoms with van der Waals surface area (Å²) in [5.74, 6) is -1.34. The minimum absolute atomic E-state index is 0.0690. The van der Waals surface area contributed by atoms with E-state index in [4.69, 9.17) is 0 Å². The summed E-state index contributed by atoms with van der Waals surface area (Å²) in [5, 5.41) is 13.2. The predicted octanol–water partition coefficient (Wildman–Crippen LogP) is 6.69. The van der Waals surface area contributed by atoms with Crippen LogP contribution >= 0.6 is 11.3 Å². The highest BCUT2D eigenvalue weighted by atomic mass is 32.1. The van der Waals surface area contributed by atoms with Gasteiger partial charge < -0.3 is 10.4 Å². The van der Waals surface area contributed by atoms with Crippen LogP contribution in [0.2, 0.25) is 0 Å². The van der Waals surface area contributed by atoms with Crippen LogP contribution in [0, 0.1) is 18.2 Å². The zero-order valence-corrected chi connectivity index (χ0v) is 18.3. The van der Waals surface area contributed by atoms with E-state index in [-0.39, 0.29) is 16.8 Å². The fourth-order valence-corrected chi connectivity index (χ4v) is 5.40. The molecular weight excluding hydrogens is 397 g/mol. The van der Waals surface area contributed by atoms with Gasteiger partial charge >= 0.3 is 5.97 Å². The number of fused-ring (bicyclic) bond motifs is 1. The molecule has 1 heterocycles. The highest BCUT2D eigenvalue weighted by Crippen LogP contribution is 2.45. The van der Waals surface area contributed by atoms with Crippen molar-refractivity contribution in [3.63, 3.8) is 0 Å². The number of halogens is 1. The number of hydrogen-bond acceptors (Lipinski definition) is 3. The molecule has 2 aromatic carbocycles. The molecule has 0 unspecified atom stereocenters. The summed E-state index contributed by atoms with van der Waals surface area (Å²) in [6.07, 6.45) is 2.60. The molecule has 5 heteroatoms. The molecule has 0 radical (unpaired) electrons. The molecule has 1 aliphatic rings. The third-order valence-electron chi connectivity index (χ3n) is 5.82. The molecule has 0 saturated heterocycles. The Labute approximate surface area is 180 Å². The molecule has 1 aliphatic carbocycles. The Morgan fingerprint density at radius 1 is 1.20 bits per heavy atom. The average Bonchev–Trinajstić information content (AvgIpc) is 3.05. The molecule has 0 spiro atoms. The number of carbonyl (C=O) groups is 1. The molecule has 3 aromatic rings. The van der Waals surface area contributed by atoms with E-state index in [9.17, 15) is 9.90 Å². The molecule has 30 heavy (non-hydrogen) atoms. The summed E-state index contributed by atoms with van der Waals surface area (Å²) in [6, 6.07) is 13.1. The second-order valence-electron chi connectivity index (χ2n) is 8.89. The Hall–Kier alpha value is -2.66. The van der Waals surface area contributed by atoms with Gasteiger partial charge in [0.05, 0.1) is 10.4 Å². The normalized spacial score (nSPS) is 14.9. The Kier molecular flexibility index (Phi) is 5.41. The van der Waals surface area contributed by atoms with Crippen LogP contribution in [-0.2, 0) is 19.4 Å². The lowest BCUT2D eigenvalue weighted by atomic mass is 9.76. The van der Waals surface area contributed by atoms with E-state index >= 15 is 4.39 Å². The molecule has 0 aliphatic heterocycles. The van der Waals surface area contributed by atoms with Crippen molar-refractivity contribution in [3.05, 3.63) is 75.4 Å². The number of benzene rings is 2. The van der Waals surface area contributed by atoms with Crippen LogP contribution in [0.5, 0.6) is 0 Å². The quantitative estimate of drug-likeness (QED) is 0.481. The predicted molar refractivity (Wildman–Crippen MR) is 121 cm³/mol. The third kappa shape index (κ3) is 4.12. The SMILES string of the molecule is Cc1ccc(NCc2ccc(-c3sc4c(c3C(=O)O)CC(C)(C)CC4)c(F)c2)cc1. The van der Waals surface area contributed by atoms with Crippen LogP contribution in [0.4, 0.5) is 10.1 Å². The van der Waals surface area contributed by atoms with Gasteiger partial charge in [0.2, 0.25) is 0 Å². The average molecular weight is 424 g/mol. The molecule has 1 aromatic heterocycles. The lowest BCUT2D eigenvalue weighted by molar-refractivity contribution is 0.0696. The van der Waals surface area contributed by atoms with Crippen LogP contribution in [0.15, 0.2) is 42.5 Å². The van der Waals surface area contributed by atoms with Crippen LogP contribution in [0.1, 0.15) is 52.2 Å². The van der Waals surface area contributed by atoms with Gasteiger partial charge in [-0.2, -0.15) is 0 Å². The summed E-state index contributed by atoms with van der Waals surface area (Å²) in [6.45, 7) is 6.86. The lowest BCUT2D eigenvalue weighted by Crippen LogP contribution is -2.22. The van der Waals surface area contributed by atoms with Gasteiger partial charge in [0.1, 0.15) is 5.82 Å². The molecule has 156 valence electrons. The maximum absolute atomic E-state index is 15.1.